The Morgan fingerprint density at radius 1 is 1.23 bits per heavy atom. The first-order valence-electron chi connectivity index (χ1n) is 9.56. The lowest BCUT2D eigenvalue weighted by molar-refractivity contribution is -0.136. The van der Waals surface area contributed by atoms with Gasteiger partial charge in [-0.3, -0.25) is 4.79 Å². The summed E-state index contributed by atoms with van der Waals surface area (Å²) in [5.74, 6) is 1.62. The minimum absolute atomic E-state index is 0.0698. The average molecular weight is 371 g/mol. The fourth-order valence-corrected chi connectivity index (χ4v) is 4.73. The zero-order chi connectivity index (χ0) is 18.1. The molecule has 2 aliphatic rings. The summed E-state index contributed by atoms with van der Waals surface area (Å²) >= 11 is 1.46. The van der Waals surface area contributed by atoms with Crippen molar-refractivity contribution in [2.24, 2.45) is 5.92 Å². The van der Waals surface area contributed by atoms with E-state index in [1.807, 2.05) is 0 Å². The Morgan fingerprint density at radius 3 is 2.81 bits per heavy atom. The van der Waals surface area contributed by atoms with Crippen LogP contribution in [-0.2, 0) is 17.8 Å². The van der Waals surface area contributed by atoms with Crippen LogP contribution >= 0.6 is 11.5 Å². The predicted octanol–water partition coefficient (Wildman–Crippen LogP) is 3.46. The summed E-state index contributed by atoms with van der Waals surface area (Å²) in [6.07, 6.45) is 2.98. The van der Waals surface area contributed by atoms with Gasteiger partial charge in [-0.15, -0.1) is 0 Å². The average Bonchev–Trinajstić information content (AvgIpc) is 3.18. The number of piperidine rings is 1. The molecule has 1 aromatic heterocycles. The van der Waals surface area contributed by atoms with E-state index in [1.54, 1.807) is 0 Å². The van der Waals surface area contributed by atoms with E-state index in [4.69, 9.17) is 0 Å². The molecule has 1 amide bonds. The molecule has 0 spiro atoms. The van der Waals surface area contributed by atoms with Gasteiger partial charge in [-0.1, -0.05) is 38.1 Å². The van der Waals surface area contributed by atoms with Crippen LogP contribution in [0.2, 0.25) is 0 Å². The van der Waals surface area contributed by atoms with E-state index in [1.165, 1.54) is 22.7 Å². The minimum Gasteiger partial charge on any atom is -0.346 e. The number of anilines is 1. The van der Waals surface area contributed by atoms with Crippen LogP contribution in [-0.4, -0.2) is 39.8 Å². The maximum Gasteiger partial charge on any atom is 0.227 e. The smallest absolute Gasteiger partial charge is 0.227 e. The van der Waals surface area contributed by atoms with Crippen molar-refractivity contribution in [1.82, 2.24) is 14.3 Å². The monoisotopic (exact) mass is 370 g/mol. The maximum absolute atomic E-state index is 13.1. The fraction of sp³-hybridized carbons (Fsp3) is 0.550. The molecule has 1 aromatic carbocycles. The van der Waals surface area contributed by atoms with Crippen LogP contribution in [0.15, 0.2) is 24.3 Å². The van der Waals surface area contributed by atoms with E-state index in [0.717, 1.165) is 56.4 Å². The van der Waals surface area contributed by atoms with E-state index >= 15 is 0 Å². The molecule has 0 aliphatic carbocycles. The lowest BCUT2D eigenvalue weighted by Crippen LogP contribution is -2.46. The van der Waals surface area contributed by atoms with Gasteiger partial charge in [0.15, 0.2) is 0 Å². The van der Waals surface area contributed by atoms with Gasteiger partial charge in [0.2, 0.25) is 11.0 Å². The lowest BCUT2D eigenvalue weighted by atomic mass is 9.94. The number of carbonyl (C=O) groups excluding carboxylic acids is 1. The molecule has 3 heterocycles. The summed E-state index contributed by atoms with van der Waals surface area (Å²) < 4.78 is 4.47. The zero-order valence-electron chi connectivity index (χ0n) is 15.5. The molecule has 26 heavy (non-hydrogen) atoms. The number of hydrogen-bond acceptors (Lipinski definition) is 5. The number of hydrogen-bond donors (Lipinski definition) is 0. The molecular formula is C20H26N4OS. The number of carbonyl (C=O) groups is 1. The van der Waals surface area contributed by atoms with Gasteiger partial charge in [-0.25, -0.2) is 4.98 Å². The summed E-state index contributed by atoms with van der Waals surface area (Å²) in [5, 5.41) is 0.968. The van der Waals surface area contributed by atoms with Gasteiger partial charge in [0.1, 0.15) is 5.82 Å². The van der Waals surface area contributed by atoms with Crippen LogP contribution in [0, 0.1) is 5.92 Å². The highest BCUT2D eigenvalue weighted by molar-refractivity contribution is 7.09. The summed E-state index contributed by atoms with van der Waals surface area (Å²) in [4.78, 5) is 22.1. The zero-order valence-corrected chi connectivity index (χ0v) is 16.3. The Bertz CT molecular complexity index is 788. The van der Waals surface area contributed by atoms with Crippen molar-refractivity contribution < 1.29 is 4.79 Å². The summed E-state index contributed by atoms with van der Waals surface area (Å²) in [6, 6.07) is 8.48. The first kappa shape index (κ1) is 17.5. The summed E-state index contributed by atoms with van der Waals surface area (Å²) in [7, 11) is 0. The second kappa shape index (κ2) is 7.35. The van der Waals surface area contributed by atoms with E-state index in [2.05, 4.69) is 57.3 Å². The molecule has 1 fully saturated rings. The number of nitrogens with zero attached hydrogens (tertiary/aromatic N) is 4. The lowest BCUT2D eigenvalue weighted by Gasteiger charge is -2.36. The van der Waals surface area contributed by atoms with Crippen molar-refractivity contribution >= 4 is 22.6 Å². The molecule has 0 radical (unpaired) electrons. The minimum atomic E-state index is 0.0698. The second-order valence-electron chi connectivity index (χ2n) is 7.65. The molecule has 138 valence electrons. The van der Waals surface area contributed by atoms with Gasteiger partial charge in [-0.05, 0) is 30.4 Å². The normalized spacial score (nSPS) is 20.3. The number of fused-ring (bicyclic) bond motifs is 1. The molecule has 0 saturated carbocycles. The molecular weight excluding hydrogens is 344 g/mol. The van der Waals surface area contributed by atoms with Crippen molar-refractivity contribution in [2.45, 2.75) is 45.6 Å². The second-order valence-corrected chi connectivity index (χ2v) is 8.38. The Balaban J connectivity index is 1.43. The number of amides is 1. The third kappa shape index (κ3) is 3.47. The molecule has 6 heteroatoms. The van der Waals surface area contributed by atoms with Crippen LogP contribution in [0.3, 0.4) is 0 Å². The van der Waals surface area contributed by atoms with Crippen LogP contribution < -0.4 is 4.90 Å². The first-order chi connectivity index (χ1) is 12.6. The van der Waals surface area contributed by atoms with Gasteiger partial charge in [0.05, 0.1) is 5.92 Å². The van der Waals surface area contributed by atoms with Crippen molar-refractivity contribution in [2.75, 3.05) is 24.5 Å². The fourth-order valence-electron chi connectivity index (χ4n) is 3.88. The third-order valence-electron chi connectivity index (χ3n) is 5.43. The van der Waals surface area contributed by atoms with Crippen LogP contribution in [0.5, 0.6) is 0 Å². The number of rotatable bonds is 3. The molecule has 0 N–H and O–H groups in total. The van der Waals surface area contributed by atoms with Gasteiger partial charge in [0.25, 0.3) is 0 Å². The maximum atomic E-state index is 13.1. The largest absolute Gasteiger partial charge is 0.346 e. The van der Waals surface area contributed by atoms with Crippen molar-refractivity contribution in [3.8, 4) is 0 Å². The van der Waals surface area contributed by atoms with E-state index in [0.29, 0.717) is 11.8 Å². The number of aromatic nitrogens is 2. The van der Waals surface area contributed by atoms with Gasteiger partial charge >= 0.3 is 0 Å². The molecule has 1 saturated heterocycles. The third-order valence-corrected chi connectivity index (χ3v) is 6.22. The molecule has 0 bridgehead atoms. The van der Waals surface area contributed by atoms with Crippen LogP contribution in [0.25, 0.3) is 0 Å². The highest BCUT2D eigenvalue weighted by Gasteiger charge is 2.32. The highest BCUT2D eigenvalue weighted by Crippen LogP contribution is 2.28. The molecule has 1 unspecified atom stereocenters. The van der Waals surface area contributed by atoms with Gasteiger partial charge in [-0.2, -0.15) is 4.37 Å². The Morgan fingerprint density at radius 2 is 2.04 bits per heavy atom. The van der Waals surface area contributed by atoms with Crippen molar-refractivity contribution in [3.05, 3.63) is 41.2 Å². The topological polar surface area (TPSA) is 49.3 Å². The molecule has 2 aliphatic heterocycles. The Labute approximate surface area is 159 Å². The van der Waals surface area contributed by atoms with Crippen molar-refractivity contribution in [1.29, 1.82) is 0 Å². The summed E-state index contributed by atoms with van der Waals surface area (Å²) in [6.45, 7) is 7.55. The van der Waals surface area contributed by atoms with Crippen LogP contribution in [0.1, 0.15) is 49.6 Å². The Kier molecular flexibility index (Phi) is 4.94. The van der Waals surface area contributed by atoms with E-state index < -0.39 is 0 Å². The summed E-state index contributed by atoms with van der Waals surface area (Å²) in [5.41, 5.74) is 2.68. The first-order valence-corrected chi connectivity index (χ1v) is 10.3. The quantitative estimate of drug-likeness (QED) is 0.830. The molecule has 4 rings (SSSR count). The number of benzene rings is 1. The highest BCUT2D eigenvalue weighted by atomic mass is 32.1. The van der Waals surface area contributed by atoms with Crippen LogP contribution in [0.4, 0.5) is 5.13 Å². The van der Waals surface area contributed by atoms with Crippen molar-refractivity contribution in [3.63, 3.8) is 0 Å². The van der Waals surface area contributed by atoms with Gasteiger partial charge < -0.3 is 9.80 Å². The SMILES string of the molecule is CC(C)c1nsc(N2CCCC(C(=O)N3CCc4ccccc4C3)C2)n1. The predicted molar refractivity (Wildman–Crippen MR) is 104 cm³/mol. The Hall–Kier alpha value is -1.95. The van der Waals surface area contributed by atoms with Gasteiger partial charge in [0, 0.05) is 43.6 Å². The molecule has 2 aromatic rings. The molecule has 5 nitrogen and oxygen atoms in total. The molecule has 1 atom stereocenters. The van der Waals surface area contributed by atoms with E-state index in [9.17, 15) is 4.79 Å². The van der Waals surface area contributed by atoms with E-state index in [-0.39, 0.29) is 5.92 Å². The standard InChI is InChI=1S/C20H26N4OS/c1-14(2)18-21-20(26-22-18)24-10-5-8-17(13-24)19(25)23-11-9-15-6-3-4-7-16(15)12-23/h3-4,6-7,14,17H,5,8-13H2,1-2H3.